The van der Waals surface area contributed by atoms with Gasteiger partial charge in [0.15, 0.2) is 0 Å². The summed E-state index contributed by atoms with van der Waals surface area (Å²) in [5.41, 5.74) is 1.98. The molecule has 0 N–H and O–H groups in total. The molecule has 18 heavy (non-hydrogen) atoms. The predicted octanol–water partition coefficient (Wildman–Crippen LogP) is 5.99. The number of aryl methyl sites for hydroxylation is 1. The van der Waals surface area contributed by atoms with E-state index >= 15 is 0 Å². The van der Waals surface area contributed by atoms with Crippen molar-refractivity contribution in [2.24, 2.45) is 0 Å². The van der Waals surface area contributed by atoms with Crippen molar-refractivity contribution in [3.63, 3.8) is 0 Å². The Labute approximate surface area is 125 Å². The molecule has 0 saturated carbocycles. The fourth-order valence-corrected chi connectivity index (χ4v) is 2.36. The Morgan fingerprint density at radius 2 is 1.89 bits per heavy atom. The molecule has 94 valence electrons. The summed E-state index contributed by atoms with van der Waals surface area (Å²) in [5.74, 6) is 1.41. The van der Waals surface area contributed by atoms with E-state index in [1.165, 1.54) is 0 Å². The summed E-state index contributed by atoms with van der Waals surface area (Å²) >= 11 is 15.6. The van der Waals surface area contributed by atoms with E-state index in [9.17, 15) is 0 Å². The van der Waals surface area contributed by atoms with Gasteiger partial charge >= 0.3 is 0 Å². The molecule has 0 radical (unpaired) electrons. The highest BCUT2D eigenvalue weighted by atomic mass is 79.9. The Bertz CT molecular complexity index is 570. The van der Waals surface area contributed by atoms with Crippen molar-refractivity contribution in [3.05, 3.63) is 57.6 Å². The largest absolute Gasteiger partial charge is 0.455 e. The highest BCUT2D eigenvalue weighted by Gasteiger charge is 2.09. The molecule has 0 aliphatic heterocycles. The van der Waals surface area contributed by atoms with Crippen LogP contribution in [0.4, 0.5) is 0 Å². The first kappa shape index (κ1) is 13.7. The SMILES string of the molecule is Cc1cc(Oc2c(Cl)cccc2CBr)ccc1Cl. The summed E-state index contributed by atoms with van der Waals surface area (Å²) < 4.78 is 5.85. The summed E-state index contributed by atoms with van der Waals surface area (Å²) in [6, 6.07) is 11.2. The van der Waals surface area contributed by atoms with Crippen LogP contribution in [0.15, 0.2) is 36.4 Å². The normalized spacial score (nSPS) is 10.4. The van der Waals surface area contributed by atoms with Crippen molar-refractivity contribution in [2.45, 2.75) is 12.3 Å². The average Bonchev–Trinajstić information content (AvgIpc) is 2.36. The number of hydrogen-bond acceptors (Lipinski definition) is 1. The number of halogens is 3. The van der Waals surface area contributed by atoms with E-state index in [0.717, 1.165) is 21.9 Å². The fraction of sp³-hybridized carbons (Fsp3) is 0.143. The van der Waals surface area contributed by atoms with Crippen molar-refractivity contribution >= 4 is 39.1 Å². The molecule has 0 unspecified atom stereocenters. The van der Waals surface area contributed by atoms with E-state index < -0.39 is 0 Å². The van der Waals surface area contributed by atoms with Crippen LogP contribution in [0.1, 0.15) is 11.1 Å². The number of rotatable bonds is 3. The lowest BCUT2D eigenvalue weighted by molar-refractivity contribution is 0.478. The van der Waals surface area contributed by atoms with Gasteiger partial charge in [-0.25, -0.2) is 0 Å². The Balaban J connectivity index is 2.36. The lowest BCUT2D eigenvalue weighted by Crippen LogP contribution is -1.91. The summed E-state index contributed by atoms with van der Waals surface area (Å²) in [4.78, 5) is 0. The van der Waals surface area contributed by atoms with Crippen LogP contribution >= 0.6 is 39.1 Å². The molecule has 1 nitrogen and oxygen atoms in total. The second-order valence-corrected chi connectivity index (χ2v) is 5.25. The average molecular weight is 346 g/mol. The van der Waals surface area contributed by atoms with Gasteiger partial charge in [0.2, 0.25) is 0 Å². The molecule has 0 fully saturated rings. The molecule has 2 aromatic carbocycles. The zero-order chi connectivity index (χ0) is 13.1. The molecule has 0 aromatic heterocycles. The Morgan fingerprint density at radius 3 is 2.56 bits per heavy atom. The minimum Gasteiger partial charge on any atom is -0.455 e. The zero-order valence-electron chi connectivity index (χ0n) is 9.71. The van der Waals surface area contributed by atoms with Gasteiger partial charge < -0.3 is 4.74 Å². The van der Waals surface area contributed by atoms with E-state index in [0.29, 0.717) is 16.1 Å². The highest BCUT2D eigenvalue weighted by molar-refractivity contribution is 9.08. The number of alkyl halides is 1. The van der Waals surface area contributed by atoms with Crippen LogP contribution < -0.4 is 4.74 Å². The van der Waals surface area contributed by atoms with Crippen LogP contribution in [0, 0.1) is 6.92 Å². The van der Waals surface area contributed by atoms with Crippen LogP contribution in [0.3, 0.4) is 0 Å². The zero-order valence-corrected chi connectivity index (χ0v) is 12.8. The molecule has 0 atom stereocenters. The molecular weight excluding hydrogens is 335 g/mol. The topological polar surface area (TPSA) is 9.23 Å². The van der Waals surface area contributed by atoms with Crippen molar-refractivity contribution in [2.75, 3.05) is 0 Å². The lowest BCUT2D eigenvalue weighted by Gasteiger charge is -2.12. The van der Waals surface area contributed by atoms with Gasteiger partial charge in [-0.05, 0) is 36.8 Å². The number of hydrogen-bond donors (Lipinski definition) is 0. The van der Waals surface area contributed by atoms with Crippen LogP contribution in [0.2, 0.25) is 10.0 Å². The maximum atomic E-state index is 6.16. The van der Waals surface area contributed by atoms with Gasteiger partial charge in [0.25, 0.3) is 0 Å². The fourth-order valence-electron chi connectivity index (χ4n) is 1.57. The van der Waals surface area contributed by atoms with Crippen molar-refractivity contribution in [1.82, 2.24) is 0 Å². The molecule has 0 aliphatic rings. The Morgan fingerprint density at radius 1 is 1.11 bits per heavy atom. The first-order valence-corrected chi connectivity index (χ1v) is 7.27. The van der Waals surface area contributed by atoms with E-state index in [1.54, 1.807) is 0 Å². The van der Waals surface area contributed by atoms with Gasteiger partial charge in [-0.15, -0.1) is 0 Å². The standard InChI is InChI=1S/C14H11BrCl2O/c1-9-7-11(5-6-12(9)16)18-14-10(8-15)3-2-4-13(14)17/h2-7H,8H2,1H3. The molecule has 0 bridgehead atoms. The monoisotopic (exact) mass is 344 g/mol. The third-order valence-electron chi connectivity index (χ3n) is 2.54. The van der Waals surface area contributed by atoms with Crippen molar-refractivity contribution in [1.29, 1.82) is 0 Å². The van der Waals surface area contributed by atoms with E-state index in [-0.39, 0.29) is 0 Å². The summed E-state index contributed by atoms with van der Waals surface area (Å²) in [6.45, 7) is 1.94. The summed E-state index contributed by atoms with van der Waals surface area (Å²) in [7, 11) is 0. The highest BCUT2D eigenvalue weighted by Crippen LogP contribution is 2.35. The van der Waals surface area contributed by atoms with Crippen molar-refractivity contribution in [3.8, 4) is 11.5 Å². The third-order valence-corrected chi connectivity index (χ3v) is 3.87. The van der Waals surface area contributed by atoms with Gasteiger partial charge in [-0.2, -0.15) is 0 Å². The summed E-state index contributed by atoms with van der Waals surface area (Å²) in [6.07, 6.45) is 0. The lowest BCUT2D eigenvalue weighted by atomic mass is 10.2. The minimum absolute atomic E-state index is 0.597. The first-order chi connectivity index (χ1) is 8.61. The van der Waals surface area contributed by atoms with Crippen LogP contribution in [0.25, 0.3) is 0 Å². The minimum atomic E-state index is 0.597. The van der Waals surface area contributed by atoms with Gasteiger partial charge in [0.05, 0.1) is 5.02 Å². The first-order valence-electron chi connectivity index (χ1n) is 5.39. The number of benzene rings is 2. The quantitative estimate of drug-likeness (QED) is 0.621. The molecule has 0 saturated heterocycles. The molecule has 2 rings (SSSR count). The molecule has 2 aromatic rings. The van der Waals surface area contributed by atoms with Gasteiger partial charge in [-0.3, -0.25) is 0 Å². The maximum absolute atomic E-state index is 6.16. The van der Waals surface area contributed by atoms with Crippen LogP contribution in [-0.2, 0) is 5.33 Å². The van der Waals surface area contributed by atoms with Gasteiger partial charge in [-0.1, -0.05) is 51.3 Å². The Kier molecular flexibility index (Phi) is 4.55. The molecule has 4 heteroatoms. The molecule has 0 heterocycles. The second-order valence-electron chi connectivity index (χ2n) is 3.87. The van der Waals surface area contributed by atoms with Gasteiger partial charge in [0, 0.05) is 15.9 Å². The number of para-hydroxylation sites is 1. The smallest absolute Gasteiger partial charge is 0.150 e. The van der Waals surface area contributed by atoms with Crippen LogP contribution in [-0.4, -0.2) is 0 Å². The van der Waals surface area contributed by atoms with Crippen LogP contribution in [0.5, 0.6) is 11.5 Å². The Hall–Kier alpha value is -0.700. The molecule has 0 aliphatic carbocycles. The van der Waals surface area contributed by atoms with E-state index in [1.807, 2.05) is 43.3 Å². The number of ether oxygens (including phenoxy) is 1. The van der Waals surface area contributed by atoms with E-state index in [4.69, 9.17) is 27.9 Å². The molecular formula is C14H11BrCl2O. The predicted molar refractivity (Wildman–Crippen MR) is 80.3 cm³/mol. The van der Waals surface area contributed by atoms with Crippen molar-refractivity contribution < 1.29 is 4.74 Å². The van der Waals surface area contributed by atoms with Gasteiger partial charge in [0.1, 0.15) is 11.5 Å². The molecule has 0 spiro atoms. The maximum Gasteiger partial charge on any atom is 0.150 e. The summed E-state index contributed by atoms with van der Waals surface area (Å²) in [5, 5.41) is 2.01. The molecule has 0 amide bonds. The third kappa shape index (κ3) is 3.00. The van der Waals surface area contributed by atoms with E-state index in [2.05, 4.69) is 15.9 Å². The second kappa shape index (κ2) is 5.96.